The van der Waals surface area contributed by atoms with Crippen LogP contribution in [0.25, 0.3) is 0 Å². The van der Waals surface area contributed by atoms with E-state index in [-0.39, 0.29) is 13.2 Å². The highest BCUT2D eigenvalue weighted by Gasteiger charge is 2.32. The molecule has 0 heterocycles. The van der Waals surface area contributed by atoms with Crippen LogP contribution in [0, 0.1) is 20.9 Å². The predicted molar refractivity (Wildman–Crippen MR) is 67.0 cm³/mol. The van der Waals surface area contributed by atoms with Gasteiger partial charge in [0.05, 0.1) is 63.7 Å². The first-order valence-electron chi connectivity index (χ1n) is 5.87. The van der Waals surface area contributed by atoms with Crippen LogP contribution < -0.4 is 0 Å². The van der Waals surface area contributed by atoms with Gasteiger partial charge in [0.2, 0.25) is 0 Å². The van der Waals surface area contributed by atoms with Gasteiger partial charge in [0.1, 0.15) is 0 Å². The van der Waals surface area contributed by atoms with E-state index in [9.17, 15) is 0 Å². The molecular weight excluding hydrogens is 294 g/mol. The van der Waals surface area contributed by atoms with Gasteiger partial charge in [-0.25, -0.2) is 0 Å². The number of rotatable bonds is 10. The molecule has 0 amide bonds. The molecule has 11 heteroatoms. The number of nitrogens with zero attached hydrogens (tertiary/aromatic N) is 1. The van der Waals surface area contributed by atoms with E-state index >= 15 is 0 Å². The second kappa shape index (κ2) is 11.6. The molecule has 11 nitrogen and oxygen atoms in total. The van der Waals surface area contributed by atoms with Crippen molar-refractivity contribution < 1.29 is 45.7 Å². The van der Waals surface area contributed by atoms with Crippen molar-refractivity contribution in [2.24, 2.45) is 10.8 Å². The Labute approximate surface area is 120 Å². The molecule has 0 aromatic carbocycles. The van der Waals surface area contributed by atoms with E-state index in [0.717, 1.165) is 0 Å². The lowest BCUT2D eigenvalue weighted by Gasteiger charge is -2.31. The van der Waals surface area contributed by atoms with E-state index in [1.807, 2.05) is 0 Å². The maximum Gasteiger partial charge on any atom is 0.291 e. The normalized spacial score (nSPS) is 11.7. The molecule has 0 bridgehead atoms. The summed E-state index contributed by atoms with van der Waals surface area (Å²) < 4.78 is 5.15. The van der Waals surface area contributed by atoms with Crippen LogP contribution in [0.4, 0.5) is 0 Å². The van der Waals surface area contributed by atoms with Crippen LogP contribution in [0.15, 0.2) is 0 Å². The predicted octanol–water partition coefficient (Wildman–Crippen LogP) is -3.42. The molecule has 0 rings (SSSR count). The van der Waals surface area contributed by atoms with E-state index in [4.69, 9.17) is 50.7 Å². The first-order valence-corrected chi connectivity index (χ1v) is 5.87. The second-order valence-electron chi connectivity index (χ2n) is 4.68. The maximum absolute atomic E-state index is 9.03. The Hall–Kier alpha value is -1.08. The smallest absolute Gasteiger partial charge is 0.291 e. The summed E-state index contributed by atoms with van der Waals surface area (Å²) in [6.45, 7) is -3.01. The van der Waals surface area contributed by atoms with Gasteiger partial charge >= 0.3 is 0 Å². The molecule has 0 atom stereocenters. The minimum absolute atomic E-state index is 0.141. The highest BCUT2D eigenvalue weighted by atomic mass is 16.9. The third-order valence-corrected chi connectivity index (χ3v) is 2.83. The Bertz CT molecular complexity index is 226. The molecule has 7 N–H and O–H groups in total. The molecule has 21 heavy (non-hydrogen) atoms. The average molecular weight is 317 g/mol. The van der Waals surface area contributed by atoms with Crippen molar-refractivity contribution in [3.63, 3.8) is 0 Å². The van der Waals surface area contributed by atoms with Crippen LogP contribution in [-0.4, -0.2) is 93.8 Å². The van der Waals surface area contributed by atoms with Crippen LogP contribution >= 0.6 is 0 Å². The summed E-state index contributed by atoms with van der Waals surface area (Å²) in [4.78, 5) is 8.36. The van der Waals surface area contributed by atoms with Crippen LogP contribution in [0.5, 0.6) is 0 Å². The largest absolute Gasteiger partial charge is 0.396 e. The first kappa shape index (κ1) is 22.2. The van der Waals surface area contributed by atoms with Crippen molar-refractivity contribution >= 4 is 0 Å². The van der Waals surface area contributed by atoms with Crippen LogP contribution in [0.1, 0.15) is 0 Å². The number of aliphatic hydroxyl groups excluding tert-OH is 6. The van der Waals surface area contributed by atoms with Gasteiger partial charge in [-0.15, -0.1) is 10.1 Å². The summed E-state index contributed by atoms with van der Waals surface area (Å²) in [5.74, 6) is 0. The molecule has 0 aliphatic heterocycles. The molecule has 0 unspecified atom stereocenters. The Kier molecular flexibility index (Phi) is 12.2. The van der Waals surface area contributed by atoms with E-state index < -0.39 is 55.6 Å². The molecule has 128 valence electrons. The lowest BCUT2D eigenvalue weighted by molar-refractivity contribution is -0.742. The van der Waals surface area contributed by atoms with Gasteiger partial charge in [-0.1, -0.05) is 0 Å². The number of hydrogen-bond acceptors (Lipinski definition) is 9. The quantitative estimate of drug-likeness (QED) is 0.157. The zero-order valence-electron chi connectivity index (χ0n) is 11.5. The first-order chi connectivity index (χ1) is 9.80. The zero-order valence-corrected chi connectivity index (χ0v) is 11.5. The van der Waals surface area contributed by atoms with Gasteiger partial charge in [0, 0.05) is 0 Å². The van der Waals surface area contributed by atoms with Crippen LogP contribution in [0.3, 0.4) is 0 Å². The number of hydrogen-bond donors (Lipinski definition) is 7. The minimum atomic E-state index is -1.50. The van der Waals surface area contributed by atoms with Crippen molar-refractivity contribution in [3.8, 4) is 0 Å². The summed E-state index contributed by atoms with van der Waals surface area (Å²) >= 11 is 0. The summed E-state index contributed by atoms with van der Waals surface area (Å²) in [6, 6.07) is 0. The van der Waals surface area contributed by atoms with E-state index in [1.165, 1.54) is 0 Å². The van der Waals surface area contributed by atoms with Gasteiger partial charge in [-0.2, -0.15) is 0 Å². The number of ether oxygens (including phenoxy) is 1. The van der Waals surface area contributed by atoms with Crippen LogP contribution in [0.2, 0.25) is 0 Å². The lowest BCUT2D eigenvalue weighted by atomic mass is 9.91. The highest BCUT2D eigenvalue weighted by Crippen LogP contribution is 2.19. The van der Waals surface area contributed by atoms with Crippen molar-refractivity contribution in [2.45, 2.75) is 0 Å². The lowest BCUT2D eigenvalue weighted by Crippen LogP contribution is -2.43. The van der Waals surface area contributed by atoms with Crippen LogP contribution in [-0.2, 0) is 4.74 Å². The summed E-state index contributed by atoms with van der Waals surface area (Å²) in [7, 11) is 0. The topological polar surface area (TPSA) is 194 Å². The molecule has 0 aromatic rings. The average Bonchev–Trinajstić information content (AvgIpc) is 2.48. The Morgan fingerprint density at radius 2 is 0.952 bits per heavy atom. The summed E-state index contributed by atoms with van der Waals surface area (Å²) in [5.41, 5.74) is -2.32. The van der Waals surface area contributed by atoms with E-state index in [0.29, 0.717) is 0 Å². The summed E-state index contributed by atoms with van der Waals surface area (Å²) in [5, 5.41) is 67.8. The number of aliphatic hydroxyl groups is 6. The monoisotopic (exact) mass is 317 g/mol. The van der Waals surface area contributed by atoms with Gasteiger partial charge in [0.15, 0.2) is 0 Å². The molecule has 0 saturated carbocycles. The summed E-state index contributed by atoms with van der Waals surface area (Å²) in [6.07, 6.45) is 0. The van der Waals surface area contributed by atoms with Crippen molar-refractivity contribution in [1.29, 1.82) is 0 Å². The third-order valence-electron chi connectivity index (χ3n) is 2.83. The van der Waals surface area contributed by atoms with E-state index in [1.54, 1.807) is 0 Å². The van der Waals surface area contributed by atoms with Crippen molar-refractivity contribution in [2.75, 3.05) is 52.9 Å². The SMILES string of the molecule is O=[N+]([O-])O.OCC(CO)(CO)COCC(CO)(CO)CO. The molecule has 0 radical (unpaired) electrons. The van der Waals surface area contributed by atoms with Gasteiger partial charge in [-0.05, 0) is 0 Å². The molecule has 0 aliphatic rings. The van der Waals surface area contributed by atoms with Crippen molar-refractivity contribution in [3.05, 3.63) is 10.1 Å². The standard InChI is InChI=1S/C10H22O7.HNO3/c11-1-9(2-12,3-13)7-17-8-10(4-14,5-15)6-16;2-1(3)4/h11-16H,1-8H2;(H,2,3,4). The molecular formula is C10H23NO10. The highest BCUT2D eigenvalue weighted by molar-refractivity contribution is 4.80. The molecule has 0 aromatic heterocycles. The van der Waals surface area contributed by atoms with E-state index in [2.05, 4.69) is 0 Å². The Balaban J connectivity index is 0. The fraction of sp³-hybridized carbons (Fsp3) is 1.00. The Morgan fingerprint density at radius 1 is 0.762 bits per heavy atom. The second-order valence-corrected chi connectivity index (χ2v) is 4.68. The zero-order chi connectivity index (χ0) is 16.9. The minimum Gasteiger partial charge on any atom is -0.396 e. The third kappa shape index (κ3) is 8.72. The van der Waals surface area contributed by atoms with Crippen molar-refractivity contribution in [1.82, 2.24) is 0 Å². The molecule has 0 fully saturated rings. The molecule has 0 aliphatic carbocycles. The van der Waals surface area contributed by atoms with Gasteiger partial charge < -0.3 is 40.6 Å². The molecule has 0 spiro atoms. The van der Waals surface area contributed by atoms with Gasteiger partial charge in [0.25, 0.3) is 5.09 Å². The Morgan fingerprint density at radius 3 is 1.10 bits per heavy atom. The van der Waals surface area contributed by atoms with Gasteiger partial charge in [-0.3, -0.25) is 0 Å². The fourth-order valence-corrected chi connectivity index (χ4v) is 1.06. The molecule has 0 saturated heterocycles. The fourth-order valence-electron chi connectivity index (χ4n) is 1.06. The maximum atomic E-state index is 9.03.